The Labute approximate surface area is 233 Å². The molecule has 0 aliphatic rings. The van der Waals surface area contributed by atoms with Crippen LogP contribution in [-0.2, 0) is 20.9 Å². The van der Waals surface area contributed by atoms with Crippen LogP contribution in [0.25, 0.3) is 11.1 Å². The van der Waals surface area contributed by atoms with Crippen LogP contribution in [0.3, 0.4) is 0 Å². The lowest BCUT2D eigenvalue weighted by Gasteiger charge is -2.44. The zero-order valence-corrected chi connectivity index (χ0v) is 26.0. The fraction of sp³-hybridized carbons (Fsp3) is 0.452. The number of benzene rings is 2. The van der Waals surface area contributed by atoms with Gasteiger partial charge in [0.1, 0.15) is 0 Å². The van der Waals surface area contributed by atoms with Crippen LogP contribution in [0.5, 0.6) is 0 Å². The highest BCUT2D eigenvalue weighted by atomic mass is 32.2. The average Bonchev–Trinajstić information content (AvgIpc) is 3.34. The van der Waals surface area contributed by atoms with Crippen molar-refractivity contribution in [3.63, 3.8) is 0 Å². The molecule has 0 fully saturated rings. The Hall–Kier alpha value is -2.32. The summed E-state index contributed by atoms with van der Waals surface area (Å²) in [7, 11) is -1.84. The second kappa shape index (κ2) is 13.2. The first-order valence-electron chi connectivity index (χ1n) is 13.7. The third kappa shape index (κ3) is 6.62. The molecular weight excluding hydrogens is 509 g/mol. The normalized spacial score (nSPS) is 13.8. The highest BCUT2D eigenvalue weighted by Crippen LogP contribution is 2.43. The third-order valence-corrected chi connectivity index (χ3v) is 15.6. The van der Waals surface area contributed by atoms with Gasteiger partial charge in [-0.15, -0.1) is 4.72 Å². The molecule has 0 bridgehead atoms. The zero-order chi connectivity index (χ0) is 28.0. The maximum Gasteiger partial charge on any atom is 0.307 e. The molecule has 1 heterocycles. The number of aromatic nitrogens is 1. The molecule has 3 aromatic rings. The molecule has 5 nitrogen and oxygen atoms in total. The molecule has 0 saturated heterocycles. The van der Waals surface area contributed by atoms with Crippen LogP contribution in [0.15, 0.2) is 71.9 Å². The van der Waals surface area contributed by atoms with E-state index in [4.69, 9.17) is 4.74 Å². The van der Waals surface area contributed by atoms with Crippen molar-refractivity contribution in [2.75, 3.05) is 6.61 Å². The molecule has 7 heteroatoms. The van der Waals surface area contributed by atoms with Gasteiger partial charge in [-0.25, -0.2) is 0 Å². The summed E-state index contributed by atoms with van der Waals surface area (Å²) in [6.45, 7) is 18.3. The first-order chi connectivity index (χ1) is 18.0. The lowest BCUT2D eigenvalue weighted by Crippen LogP contribution is -2.51. The molecular formula is C31H44N2O3SSi. The van der Waals surface area contributed by atoms with Crippen LogP contribution >= 0.6 is 0 Å². The van der Waals surface area contributed by atoms with Gasteiger partial charge in [0, 0.05) is 6.20 Å². The minimum Gasteiger partial charge on any atom is -0.593 e. The van der Waals surface area contributed by atoms with Gasteiger partial charge in [-0.3, -0.25) is 4.79 Å². The van der Waals surface area contributed by atoms with E-state index in [9.17, 15) is 9.35 Å². The molecule has 2 aromatic carbocycles. The van der Waals surface area contributed by atoms with E-state index in [1.165, 1.54) is 0 Å². The number of ether oxygens (including phenoxy) is 1. The summed E-state index contributed by atoms with van der Waals surface area (Å²) in [5, 5.41) is 0. The fourth-order valence-electron chi connectivity index (χ4n) is 6.11. The van der Waals surface area contributed by atoms with Crippen molar-refractivity contribution in [3.8, 4) is 11.1 Å². The Kier molecular flexibility index (Phi) is 10.5. The monoisotopic (exact) mass is 552 g/mol. The molecule has 1 aromatic heterocycles. The summed E-state index contributed by atoms with van der Waals surface area (Å²) in [4.78, 5) is 13.2. The maximum absolute atomic E-state index is 13.2. The second-order valence-electron chi connectivity index (χ2n) is 11.0. The Morgan fingerprint density at radius 3 is 2.18 bits per heavy atom. The van der Waals surface area contributed by atoms with Crippen LogP contribution in [0.2, 0.25) is 16.6 Å². The topological polar surface area (TPSA) is 66.3 Å². The van der Waals surface area contributed by atoms with E-state index in [0.29, 0.717) is 28.1 Å². The van der Waals surface area contributed by atoms with Crippen molar-refractivity contribution in [1.82, 2.24) is 8.95 Å². The molecule has 0 radical (unpaired) electrons. The number of rotatable bonds is 12. The van der Waals surface area contributed by atoms with Gasteiger partial charge in [0.2, 0.25) is 0 Å². The van der Waals surface area contributed by atoms with E-state index >= 15 is 0 Å². The van der Waals surface area contributed by atoms with Gasteiger partial charge in [0.15, 0.2) is 13.1 Å². The standard InChI is InChI=1S/C31H44N2O3SSi/c1-9-36-31(34)20-30(32-37(35)29-15-13-25(8)14-16-29)27-12-10-11-26(19-27)28-17-18-33(21-28)38(22(2)3,23(4)5)24(6)7/h10-19,21-24,30,32H,9,20H2,1-8H3/t30?,37-/m1/s1. The Morgan fingerprint density at radius 2 is 1.61 bits per heavy atom. The molecule has 0 amide bonds. The van der Waals surface area contributed by atoms with Gasteiger partial charge in [-0.2, -0.15) is 0 Å². The zero-order valence-electron chi connectivity index (χ0n) is 24.2. The van der Waals surface area contributed by atoms with Crippen molar-refractivity contribution in [2.45, 2.75) is 89.4 Å². The summed E-state index contributed by atoms with van der Waals surface area (Å²) in [6.07, 6.45) is 4.67. The van der Waals surface area contributed by atoms with E-state index in [0.717, 1.165) is 22.3 Å². The molecule has 38 heavy (non-hydrogen) atoms. The largest absolute Gasteiger partial charge is 0.593 e. The highest BCUT2D eigenvalue weighted by molar-refractivity contribution is 7.89. The van der Waals surface area contributed by atoms with Gasteiger partial charge < -0.3 is 13.5 Å². The first kappa shape index (κ1) is 30.2. The Morgan fingerprint density at radius 1 is 0.974 bits per heavy atom. The molecule has 206 valence electrons. The minimum atomic E-state index is -1.84. The molecule has 2 atom stereocenters. The number of hydrogen-bond acceptors (Lipinski definition) is 4. The third-order valence-electron chi connectivity index (χ3n) is 7.70. The molecule has 0 spiro atoms. The van der Waals surface area contributed by atoms with E-state index in [-0.39, 0.29) is 12.4 Å². The summed E-state index contributed by atoms with van der Waals surface area (Å²) in [5.41, 5.74) is 6.05. The van der Waals surface area contributed by atoms with Gasteiger partial charge in [0.05, 0.1) is 30.4 Å². The highest BCUT2D eigenvalue weighted by Gasteiger charge is 2.45. The first-order valence-corrected chi connectivity index (χ1v) is 17.0. The Bertz CT molecular complexity index is 1170. The SMILES string of the molecule is CCOC(=O)CC(N[S@+]([O-])c1ccc(C)cc1)c1cccc(-c2ccn([Si](C(C)C)(C(C)C)C(C)C)c2)c1. The van der Waals surface area contributed by atoms with Crippen LogP contribution in [0.4, 0.5) is 0 Å². The van der Waals surface area contributed by atoms with Crippen molar-refractivity contribution in [3.05, 3.63) is 78.1 Å². The quantitative estimate of drug-likeness (QED) is 0.141. The van der Waals surface area contributed by atoms with E-state index in [1.807, 2.05) is 43.3 Å². The van der Waals surface area contributed by atoms with Crippen LogP contribution < -0.4 is 4.72 Å². The number of aryl methyl sites for hydroxylation is 1. The minimum absolute atomic E-state index is 0.0972. The molecule has 1 unspecified atom stereocenters. The maximum atomic E-state index is 13.2. The number of carbonyl (C=O) groups excluding carboxylic acids is 1. The fourth-order valence-corrected chi connectivity index (χ4v) is 13.6. The van der Waals surface area contributed by atoms with E-state index in [1.54, 1.807) is 6.92 Å². The lowest BCUT2D eigenvalue weighted by molar-refractivity contribution is -0.143. The molecule has 1 N–H and O–H groups in total. The lowest BCUT2D eigenvalue weighted by atomic mass is 10.00. The van der Waals surface area contributed by atoms with Crippen LogP contribution in [-0.4, -0.2) is 29.6 Å². The van der Waals surface area contributed by atoms with Crippen molar-refractivity contribution in [1.29, 1.82) is 0 Å². The van der Waals surface area contributed by atoms with Crippen LogP contribution in [0, 0.1) is 6.92 Å². The summed E-state index contributed by atoms with van der Waals surface area (Å²) < 4.78 is 24.2. The molecule has 0 aliphatic heterocycles. The summed E-state index contributed by atoms with van der Waals surface area (Å²) in [5.74, 6) is -0.316. The molecule has 3 rings (SSSR count). The predicted molar refractivity (Wildman–Crippen MR) is 161 cm³/mol. The predicted octanol–water partition coefficient (Wildman–Crippen LogP) is 7.79. The van der Waals surface area contributed by atoms with Gasteiger partial charge in [0.25, 0.3) is 0 Å². The molecule has 0 aliphatic carbocycles. The van der Waals surface area contributed by atoms with Crippen molar-refractivity contribution >= 4 is 25.6 Å². The number of nitrogens with one attached hydrogen (secondary N) is 1. The number of esters is 1. The summed E-state index contributed by atoms with van der Waals surface area (Å²) >= 11 is -1.47. The van der Waals surface area contributed by atoms with E-state index in [2.05, 4.69) is 81.1 Å². The van der Waals surface area contributed by atoms with Crippen LogP contribution in [0.1, 0.15) is 72.1 Å². The van der Waals surface area contributed by atoms with Gasteiger partial charge in [-0.05, 0) is 77.6 Å². The number of hydrogen-bond donors (Lipinski definition) is 1. The van der Waals surface area contributed by atoms with Gasteiger partial charge >= 0.3 is 5.97 Å². The second-order valence-corrected chi connectivity index (χ2v) is 18.0. The van der Waals surface area contributed by atoms with E-state index < -0.39 is 25.6 Å². The summed E-state index contributed by atoms with van der Waals surface area (Å²) in [6, 6.07) is 17.5. The Balaban J connectivity index is 1.96. The smallest absolute Gasteiger partial charge is 0.307 e. The number of carbonyl (C=O) groups is 1. The molecule has 0 saturated carbocycles. The van der Waals surface area contributed by atoms with Gasteiger partial charge in [-0.1, -0.05) is 77.4 Å². The number of nitrogens with zero attached hydrogens (tertiary/aromatic N) is 1. The van der Waals surface area contributed by atoms with Crippen molar-refractivity contribution in [2.24, 2.45) is 0 Å². The average molecular weight is 553 g/mol. The van der Waals surface area contributed by atoms with Crippen molar-refractivity contribution < 1.29 is 14.1 Å².